The smallest absolute Gasteiger partial charge is 0.395 e. The number of hydrogen-bond acceptors (Lipinski definition) is 2. The molecule has 0 atom stereocenters. The van der Waals surface area contributed by atoms with Gasteiger partial charge in [-0.25, -0.2) is 0 Å². The van der Waals surface area contributed by atoms with Crippen LogP contribution in [-0.2, 0) is 6.54 Å². The molecule has 102 valence electrons. The van der Waals surface area contributed by atoms with Gasteiger partial charge in [-0.15, -0.1) is 0 Å². The van der Waals surface area contributed by atoms with Gasteiger partial charge in [0.05, 0.1) is 23.2 Å². The monoisotopic (exact) mass is 301 g/mol. The van der Waals surface area contributed by atoms with E-state index in [-0.39, 0.29) is 19.7 Å². The van der Waals surface area contributed by atoms with Crippen LogP contribution in [0.5, 0.6) is 0 Å². The molecule has 0 spiro atoms. The molecule has 1 aromatic carbocycles. The third-order valence-electron chi connectivity index (χ3n) is 2.21. The van der Waals surface area contributed by atoms with Crippen LogP contribution in [0, 0.1) is 0 Å². The summed E-state index contributed by atoms with van der Waals surface area (Å²) in [4.78, 5) is 1.10. The number of hydrogen-bond donors (Lipinski definition) is 1. The largest absolute Gasteiger partial charge is 0.401 e. The average molecular weight is 302 g/mol. The molecule has 1 N–H and O–H groups in total. The lowest BCUT2D eigenvalue weighted by atomic mass is 10.2. The highest BCUT2D eigenvalue weighted by atomic mass is 35.5. The summed E-state index contributed by atoms with van der Waals surface area (Å²) in [6, 6.07) is 4.66. The normalized spacial score (nSPS) is 12.2. The molecule has 0 amide bonds. The maximum absolute atomic E-state index is 12.3. The van der Waals surface area contributed by atoms with E-state index in [9.17, 15) is 13.2 Å². The minimum absolute atomic E-state index is 0.0525. The average Bonchev–Trinajstić information content (AvgIpc) is 2.21. The van der Waals surface area contributed by atoms with Gasteiger partial charge in [0.2, 0.25) is 0 Å². The Morgan fingerprint density at radius 3 is 2.33 bits per heavy atom. The van der Waals surface area contributed by atoms with Crippen LogP contribution >= 0.6 is 23.2 Å². The molecular formula is C11H12Cl2F3NO. The van der Waals surface area contributed by atoms with Crippen LogP contribution in [0.4, 0.5) is 13.2 Å². The summed E-state index contributed by atoms with van der Waals surface area (Å²) >= 11 is 11.5. The molecule has 7 heteroatoms. The van der Waals surface area contributed by atoms with Crippen LogP contribution in [0.25, 0.3) is 0 Å². The van der Waals surface area contributed by atoms with Crippen LogP contribution in [0.1, 0.15) is 5.56 Å². The van der Waals surface area contributed by atoms with Gasteiger partial charge in [0, 0.05) is 13.1 Å². The lowest BCUT2D eigenvalue weighted by Crippen LogP contribution is -2.35. The Morgan fingerprint density at radius 1 is 1.17 bits per heavy atom. The third-order valence-corrected chi connectivity index (χ3v) is 2.95. The molecule has 2 nitrogen and oxygen atoms in total. The molecule has 1 rings (SSSR count). The SMILES string of the molecule is OCCN(Cc1ccc(Cl)c(Cl)c1)CC(F)(F)F. The first kappa shape index (κ1) is 15.6. The van der Waals surface area contributed by atoms with Gasteiger partial charge < -0.3 is 5.11 Å². The van der Waals surface area contributed by atoms with E-state index in [1.807, 2.05) is 0 Å². The first-order valence-corrected chi connectivity index (χ1v) is 5.91. The van der Waals surface area contributed by atoms with Gasteiger partial charge in [-0.1, -0.05) is 29.3 Å². The summed E-state index contributed by atoms with van der Waals surface area (Å²) in [7, 11) is 0. The Labute approximate surface area is 113 Å². The molecular weight excluding hydrogens is 290 g/mol. The Hall–Kier alpha value is -0.490. The molecule has 0 aromatic heterocycles. The predicted octanol–water partition coefficient (Wildman–Crippen LogP) is 3.35. The van der Waals surface area contributed by atoms with Gasteiger partial charge >= 0.3 is 6.18 Å². The van der Waals surface area contributed by atoms with Gasteiger partial charge in [-0.05, 0) is 17.7 Å². The van der Waals surface area contributed by atoms with E-state index in [1.54, 1.807) is 6.07 Å². The fraction of sp³-hybridized carbons (Fsp3) is 0.455. The number of benzene rings is 1. The summed E-state index contributed by atoms with van der Waals surface area (Å²) in [6.07, 6.45) is -4.30. The molecule has 0 aliphatic carbocycles. The van der Waals surface area contributed by atoms with E-state index in [2.05, 4.69) is 0 Å². The first-order valence-electron chi connectivity index (χ1n) is 5.15. The van der Waals surface area contributed by atoms with Crippen molar-refractivity contribution in [2.45, 2.75) is 12.7 Å². The topological polar surface area (TPSA) is 23.5 Å². The van der Waals surface area contributed by atoms with E-state index in [0.29, 0.717) is 15.6 Å². The van der Waals surface area contributed by atoms with Crippen molar-refractivity contribution in [1.82, 2.24) is 4.90 Å². The minimum atomic E-state index is -4.30. The Balaban J connectivity index is 2.73. The molecule has 0 bridgehead atoms. The highest BCUT2D eigenvalue weighted by Gasteiger charge is 2.30. The number of halogens is 5. The number of aliphatic hydroxyl groups is 1. The van der Waals surface area contributed by atoms with Crippen LogP contribution in [-0.4, -0.2) is 35.9 Å². The molecule has 18 heavy (non-hydrogen) atoms. The molecule has 0 saturated carbocycles. The lowest BCUT2D eigenvalue weighted by Gasteiger charge is -2.22. The van der Waals surface area contributed by atoms with Gasteiger partial charge in [-0.3, -0.25) is 4.90 Å². The van der Waals surface area contributed by atoms with Crippen LogP contribution < -0.4 is 0 Å². The van der Waals surface area contributed by atoms with Crippen molar-refractivity contribution in [3.05, 3.63) is 33.8 Å². The van der Waals surface area contributed by atoms with Crippen molar-refractivity contribution in [2.75, 3.05) is 19.7 Å². The quantitative estimate of drug-likeness (QED) is 0.901. The fourth-order valence-corrected chi connectivity index (χ4v) is 1.83. The summed E-state index contributed by atoms with van der Waals surface area (Å²) in [5.41, 5.74) is 0.613. The molecule has 0 heterocycles. The predicted molar refractivity (Wildman–Crippen MR) is 64.9 cm³/mol. The summed E-state index contributed by atoms with van der Waals surface area (Å²) in [6.45, 7) is -1.41. The molecule has 1 aromatic rings. The summed E-state index contributed by atoms with van der Waals surface area (Å²) < 4.78 is 36.9. The standard InChI is InChI=1S/C11H12Cl2F3NO/c12-9-2-1-8(5-10(9)13)6-17(3-4-18)7-11(14,15)16/h1-2,5,18H,3-4,6-7H2. The first-order chi connectivity index (χ1) is 8.31. The maximum atomic E-state index is 12.3. The third kappa shape index (κ3) is 5.44. The van der Waals surface area contributed by atoms with E-state index in [4.69, 9.17) is 28.3 Å². The Kier molecular flexibility index (Phi) is 5.72. The van der Waals surface area contributed by atoms with Crippen molar-refractivity contribution in [1.29, 1.82) is 0 Å². The van der Waals surface area contributed by atoms with Gasteiger partial charge in [0.15, 0.2) is 0 Å². The second-order valence-corrected chi connectivity index (χ2v) is 4.61. The van der Waals surface area contributed by atoms with E-state index in [1.165, 1.54) is 12.1 Å². The highest BCUT2D eigenvalue weighted by Crippen LogP contribution is 2.24. The van der Waals surface area contributed by atoms with Crippen molar-refractivity contribution >= 4 is 23.2 Å². The number of nitrogens with zero attached hydrogens (tertiary/aromatic N) is 1. The molecule has 0 saturated heterocycles. The Bertz CT molecular complexity index is 398. The van der Waals surface area contributed by atoms with Gasteiger partial charge in [-0.2, -0.15) is 13.2 Å². The van der Waals surface area contributed by atoms with Crippen LogP contribution in [0.3, 0.4) is 0 Å². The van der Waals surface area contributed by atoms with Crippen molar-refractivity contribution < 1.29 is 18.3 Å². The molecule has 0 fully saturated rings. The van der Waals surface area contributed by atoms with E-state index >= 15 is 0 Å². The second kappa shape index (κ2) is 6.61. The van der Waals surface area contributed by atoms with E-state index in [0.717, 1.165) is 4.90 Å². The summed E-state index contributed by atoms with van der Waals surface area (Å²) in [5, 5.41) is 9.40. The Morgan fingerprint density at radius 2 is 1.83 bits per heavy atom. The maximum Gasteiger partial charge on any atom is 0.401 e. The molecule has 0 radical (unpaired) electrons. The van der Waals surface area contributed by atoms with Gasteiger partial charge in [0.1, 0.15) is 0 Å². The van der Waals surface area contributed by atoms with Crippen molar-refractivity contribution in [2.24, 2.45) is 0 Å². The minimum Gasteiger partial charge on any atom is -0.395 e. The molecule has 0 unspecified atom stereocenters. The van der Waals surface area contributed by atoms with Gasteiger partial charge in [0.25, 0.3) is 0 Å². The number of rotatable bonds is 5. The van der Waals surface area contributed by atoms with Crippen LogP contribution in [0.2, 0.25) is 10.0 Å². The van der Waals surface area contributed by atoms with E-state index < -0.39 is 12.7 Å². The zero-order valence-electron chi connectivity index (χ0n) is 9.34. The summed E-state index contributed by atoms with van der Waals surface area (Å²) in [5.74, 6) is 0. The zero-order chi connectivity index (χ0) is 13.8. The van der Waals surface area contributed by atoms with Crippen molar-refractivity contribution in [3.63, 3.8) is 0 Å². The molecule has 0 aliphatic rings. The number of alkyl halides is 3. The highest BCUT2D eigenvalue weighted by molar-refractivity contribution is 6.42. The second-order valence-electron chi connectivity index (χ2n) is 3.80. The van der Waals surface area contributed by atoms with Crippen molar-refractivity contribution in [3.8, 4) is 0 Å². The number of aliphatic hydroxyl groups excluding tert-OH is 1. The lowest BCUT2D eigenvalue weighted by molar-refractivity contribution is -0.147. The van der Waals surface area contributed by atoms with Crippen LogP contribution in [0.15, 0.2) is 18.2 Å². The fourth-order valence-electron chi connectivity index (χ4n) is 1.51. The molecule has 0 aliphatic heterocycles. The zero-order valence-corrected chi connectivity index (χ0v) is 10.9.